The van der Waals surface area contributed by atoms with Crippen LogP contribution in [0.15, 0.2) is 4.47 Å². The molecule has 1 aromatic rings. The van der Waals surface area contributed by atoms with E-state index in [2.05, 4.69) is 41.7 Å². The zero-order valence-corrected chi connectivity index (χ0v) is 15.0. The van der Waals surface area contributed by atoms with Crippen molar-refractivity contribution in [2.75, 3.05) is 5.73 Å². The fourth-order valence-corrected chi connectivity index (χ4v) is 4.45. The minimum Gasteiger partial charge on any atom is -0.383 e. The van der Waals surface area contributed by atoms with Crippen molar-refractivity contribution < 1.29 is 0 Å². The fraction of sp³-hybridized carbons (Fsp3) is 0.733. The van der Waals surface area contributed by atoms with Gasteiger partial charge in [-0.1, -0.05) is 40.0 Å². The van der Waals surface area contributed by atoms with Gasteiger partial charge in [0.15, 0.2) is 0 Å². The van der Waals surface area contributed by atoms with Crippen LogP contribution in [-0.4, -0.2) is 15.2 Å². The molecule has 3 nitrogen and oxygen atoms in total. The fourth-order valence-electron chi connectivity index (χ4n) is 2.50. The maximum absolute atomic E-state index is 6.02. The molecule has 0 saturated heterocycles. The number of nitrogens with zero attached hydrogens (tertiary/aromatic N) is 2. The van der Waals surface area contributed by atoms with E-state index in [1.165, 1.54) is 32.1 Å². The summed E-state index contributed by atoms with van der Waals surface area (Å²) in [5.74, 6) is 2.29. The van der Waals surface area contributed by atoms with E-state index in [0.29, 0.717) is 5.82 Å². The van der Waals surface area contributed by atoms with Gasteiger partial charge in [0.1, 0.15) is 11.6 Å². The van der Waals surface area contributed by atoms with E-state index in [1.807, 2.05) is 11.8 Å². The topological polar surface area (TPSA) is 51.8 Å². The second-order valence-corrected chi connectivity index (χ2v) is 8.59. The van der Waals surface area contributed by atoms with Crippen molar-refractivity contribution in [3.8, 4) is 0 Å². The summed E-state index contributed by atoms with van der Waals surface area (Å²) in [6, 6.07) is 0. The molecule has 0 atom stereocenters. The Labute approximate surface area is 134 Å². The van der Waals surface area contributed by atoms with Crippen LogP contribution >= 0.6 is 27.7 Å². The highest BCUT2D eigenvalue weighted by molar-refractivity contribution is 9.10. The predicted molar refractivity (Wildman–Crippen MR) is 91.0 cm³/mol. The third-order valence-electron chi connectivity index (χ3n) is 3.63. The van der Waals surface area contributed by atoms with Gasteiger partial charge < -0.3 is 5.73 Å². The van der Waals surface area contributed by atoms with Crippen LogP contribution in [0.2, 0.25) is 0 Å². The van der Waals surface area contributed by atoms with Crippen molar-refractivity contribution in [1.82, 2.24) is 9.97 Å². The first-order valence-electron chi connectivity index (χ1n) is 7.32. The van der Waals surface area contributed by atoms with Crippen molar-refractivity contribution >= 4 is 33.5 Å². The molecule has 1 heterocycles. The lowest BCUT2D eigenvalue weighted by Gasteiger charge is -2.22. The van der Waals surface area contributed by atoms with Crippen LogP contribution in [0.1, 0.15) is 64.4 Å². The number of rotatable bonds is 3. The standard InChI is InChI=1S/C15H24BrN3S/c1-15(2,3)13-12(16)14(17)19-11(18-13)9-20-10-7-5-4-6-8-10/h10H,4-9H2,1-3H3,(H2,17,18,19). The molecule has 20 heavy (non-hydrogen) atoms. The van der Waals surface area contributed by atoms with Gasteiger partial charge in [-0.15, -0.1) is 0 Å². The Bertz CT molecular complexity index is 465. The minimum absolute atomic E-state index is 0.0276. The molecule has 0 unspecified atom stereocenters. The van der Waals surface area contributed by atoms with Crippen LogP contribution in [0, 0.1) is 0 Å². The monoisotopic (exact) mass is 357 g/mol. The second kappa shape index (κ2) is 6.65. The summed E-state index contributed by atoms with van der Waals surface area (Å²) in [6.45, 7) is 6.45. The predicted octanol–water partition coefficient (Wildman–Crippen LogP) is 4.68. The molecule has 5 heteroatoms. The van der Waals surface area contributed by atoms with Crippen molar-refractivity contribution in [2.24, 2.45) is 0 Å². The van der Waals surface area contributed by atoms with Crippen LogP contribution < -0.4 is 5.73 Å². The number of nitrogen functional groups attached to an aromatic ring is 1. The van der Waals surface area contributed by atoms with Gasteiger partial charge >= 0.3 is 0 Å². The van der Waals surface area contributed by atoms with Crippen LogP contribution in [0.5, 0.6) is 0 Å². The minimum atomic E-state index is -0.0276. The summed E-state index contributed by atoms with van der Waals surface area (Å²) < 4.78 is 0.844. The number of anilines is 1. The number of hydrogen-bond donors (Lipinski definition) is 1. The number of aromatic nitrogens is 2. The van der Waals surface area contributed by atoms with E-state index in [9.17, 15) is 0 Å². The lowest BCUT2D eigenvalue weighted by molar-refractivity contribution is 0.515. The van der Waals surface area contributed by atoms with Crippen LogP contribution in [-0.2, 0) is 11.2 Å². The molecule has 2 rings (SSSR count). The molecule has 112 valence electrons. The molecule has 0 aromatic carbocycles. The Hall–Kier alpha value is -0.290. The molecule has 1 fully saturated rings. The van der Waals surface area contributed by atoms with Gasteiger partial charge in [-0.25, -0.2) is 9.97 Å². The molecule has 0 spiro atoms. The maximum atomic E-state index is 6.02. The van der Waals surface area contributed by atoms with Crippen LogP contribution in [0.3, 0.4) is 0 Å². The summed E-state index contributed by atoms with van der Waals surface area (Å²) in [4.78, 5) is 9.16. The first kappa shape index (κ1) is 16.1. The molecule has 0 radical (unpaired) electrons. The van der Waals surface area contributed by atoms with Crippen molar-refractivity contribution in [3.63, 3.8) is 0 Å². The lowest BCUT2D eigenvalue weighted by atomic mass is 9.92. The largest absolute Gasteiger partial charge is 0.383 e. The van der Waals surface area contributed by atoms with Gasteiger partial charge in [-0.2, -0.15) is 11.8 Å². The Morgan fingerprint density at radius 3 is 2.45 bits per heavy atom. The van der Waals surface area contributed by atoms with E-state index in [0.717, 1.165) is 27.0 Å². The highest BCUT2D eigenvalue weighted by Crippen LogP contribution is 2.33. The first-order valence-corrected chi connectivity index (χ1v) is 9.16. The molecule has 0 aliphatic heterocycles. The van der Waals surface area contributed by atoms with Crippen molar-refractivity contribution in [3.05, 3.63) is 16.0 Å². The number of hydrogen-bond acceptors (Lipinski definition) is 4. The average molecular weight is 358 g/mol. The molecular weight excluding hydrogens is 334 g/mol. The summed E-state index contributed by atoms with van der Waals surface area (Å²) in [7, 11) is 0. The summed E-state index contributed by atoms with van der Waals surface area (Å²) in [6.07, 6.45) is 6.81. The van der Waals surface area contributed by atoms with Crippen LogP contribution in [0.4, 0.5) is 5.82 Å². The van der Waals surface area contributed by atoms with Crippen LogP contribution in [0.25, 0.3) is 0 Å². The van der Waals surface area contributed by atoms with Crippen molar-refractivity contribution in [2.45, 2.75) is 69.3 Å². The maximum Gasteiger partial charge on any atom is 0.141 e. The Morgan fingerprint density at radius 2 is 1.85 bits per heavy atom. The molecular formula is C15H24BrN3S. The normalized spacial score (nSPS) is 17.4. The summed E-state index contributed by atoms with van der Waals surface area (Å²) in [5.41, 5.74) is 7.00. The average Bonchev–Trinajstić information content (AvgIpc) is 2.40. The van der Waals surface area contributed by atoms with Gasteiger partial charge in [0.05, 0.1) is 15.9 Å². The van der Waals surface area contributed by atoms with Gasteiger partial charge in [0.2, 0.25) is 0 Å². The van der Waals surface area contributed by atoms with E-state index >= 15 is 0 Å². The van der Waals surface area contributed by atoms with E-state index in [1.54, 1.807) is 0 Å². The third kappa shape index (κ3) is 4.10. The van der Waals surface area contributed by atoms with Gasteiger partial charge in [0, 0.05) is 10.7 Å². The Kier molecular flexibility index (Phi) is 5.35. The summed E-state index contributed by atoms with van der Waals surface area (Å²) >= 11 is 5.51. The van der Waals surface area contributed by atoms with E-state index < -0.39 is 0 Å². The van der Waals surface area contributed by atoms with Gasteiger partial charge in [-0.3, -0.25) is 0 Å². The molecule has 1 aromatic heterocycles. The first-order chi connectivity index (χ1) is 9.38. The number of nitrogens with two attached hydrogens (primary N) is 1. The molecule has 0 amide bonds. The van der Waals surface area contributed by atoms with E-state index in [4.69, 9.17) is 10.7 Å². The highest BCUT2D eigenvalue weighted by Gasteiger charge is 2.23. The SMILES string of the molecule is CC(C)(C)c1nc(CSC2CCCCC2)nc(N)c1Br. The quantitative estimate of drug-likeness (QED) is 0.852. The van der Waals surface area contributed by atoms with Gasteiger partial charge in [-0.05, 0) is 28.8 Å². The highest BCUT2D eigenvalue weighted by atomic mass is 79.9. The smallest absolute Gasteiger partial charge is 0.141 e. The second-order valence-electron chi connectivity index (χ2n) is 6.51. The molecule has 2 N–H and O–H groups in total. The van der Waals surface area contributed by atoms with Gasteiger partial charge in [0.25, 0.3) is 0 Å². The molecule has 0 bridgehead atoms. The molecule has 1 saturated carbocycles. The van der Waals surface area contributed by atoms with E-state index in [-0.39, 0.29) is 5.41 Å². The molecule has 1 aliphatic carbocycles. The Balaban J connectivity index is 2.10. The zero-order chi connectivity index (χ0) is 14.8. The number of halogens is 1. The summed E-state index contributed by atoms with van der Waals surface area (Å²) in [5, 5.41) is 0.773. The zero-order valence-electron chi connectivity index (χ0n) is 12.6. The Morgan fingerprint density at radius 1 is 1.20 bits per heavy atom. The molecule has 1 aliphatic rings. The third-order valence-corrected chi connectivity index (χ3v) is 5.78. The lowest BCUT2D eigenvalue weighted by Crippen LogP contribution is -2.18. The van der Waals surface area contributed by atoms with Crippen molar-refractivity contribution in [1.29, 1.82) is 0 Å². The number of thioether (sulfide) groups is 1.